The van der Waals surface area contributed by atoms with E-state index in [2.05, 4.69) is 22.0 Å². The summed E-state index contributed by atoms with van der Waals surface area (Å²) in [5.41, 5.74) is 2.94. The maximum Gasteiger partial charge on any atom is 0.0994 e. The van der Waals surface area contributed by atoms with Gasteiger partial charge in [0.05, 0.1) is 11.6 Å². The first-order valence-electron chi connectivity index (χ1n) is 3.32. The number of halogens is 1. The highest BCUT2D eigenvalue weighted by molar-refractivity contribution is 9.10. The molecular weight excluding hydrogens is 202 g/mol. The van der Waals surface area contributed by atoms with E-state index in [0.29, 0.717) is 0 Å². The number of nitrogens with zero attached hydrogens (tertiary/aromatic N) is 1. The Kier molecular flexibility index (Phi) is 2.31. The van der Waals surface area contributed by atoms with Crippen LogP contribution in [0, 0.1) is 25.2 Å². The quantitative estimate of drug-likeness (QED) is 0.645. The van der Waals surface area contributed by atoms with E-state index in [0.717, 1.165) is 15.6 Å². The molecule has 0 fully saturated rings. The van der Waals surface area contributed by atoms with Crippen molar-refractivity contribution in [1.29, 1.82) is 5.26 Å². The molecule has 0 radical (unpaired) electrons. The summed E-state index contributed by atoms with van der Waals surface area (Å²) in [5.74, 6) is 0. The second kappa shape index (κ2) is 3.06. The fourth-order valence-electron chi connectivity index (χ4n) is 0.946. The molecule has 56 valence electrons. The molecule has 0 amide bonds. The van der Waals surface area contributed by atoms with Gasteiger partial charge in [-0.3, -0.25) is 0 Å². The largest absolute Gasteiger partial charge is 0.192 e. The molecule has 0 N–H and O–H groups in total. The molecule has 1 aromatic rings. The van der Waals surface area contributed by atoms with Gasteiger partial charge in [-0.15, -0.1) is 0 Å². The molecule has 1 rings (SSSR count). The van der Waals surface area contributed by atoms with E-state index in [1.54, 1.807) is 0 Å². The van der Waals surface area contributed by atoms with Crippen LogP contribution in [0.5, 0.6) is 0 Å². The zero-order valence-electron chi connectivity index (χ0n) is 6.48. The van der Waals surface area contributed by atoms with Crippen molar-refractivity contribution in [3.8, 4) is 6.07 Å². The van der Waals surface area contributed by atoms with E-state index in [9.17, 15) is 0 Å². The van der Waals surface area contributed by atoms with Crippen molar-refractivity contribution in [3.63, 3.8) is 0 Å². The van der Waals surface area contributed by atoms with Crippen molar-refractivity contribution in [2.45, 2.75) is 13.8 Å². The lowest BCUT2D eigenvalue weighted by atomic mass is 10.1. The lowest BCUT2D eigenvalue weighted by molar-refractivity contribution is 1.32. The van der Waals surface area contributed by atoms with Gasteiger partial charge >= 0.3 is 0 Å². The van der Waals surface area contributed by atoms with Crippen LogP contribution in [0.1, 0.15) is 16.7 Å². The fraction of sp³-hybridized carbons (Fsp3) is 0.222. The Hall–Kier alpha value is -0.810. The average molecular weight is 210 g/mol. The molecule has 0 saturated carbocycles. The van der Waals surface area contributed by atoms with Crippen LogP contribution in [0.2, 0.25) is 0 Å². The third-order valence-electron chi connectivity index (χ3n) is 1.63. The van der Waals surface area contributed by atoms with Gasteiger partial charge in [0, 0.05) is 4.47 Å². The number of nitriles is 1. The van der Waals surface area contributed by atoms with Crippen molar-refractivity contribution in [3.05, 3.63) is 33.3 Å². The Morgan fingerprint density at radius 1 is 1.27 bits per heavy atom. The highest BCUT2D eigenvalue weighted by atomic mass is 79.9. The molecule has 0 unspecified atom stereocenters. The summed E-state index contributed by atoms with van der Waals surface area (Å²) >= 11 is 3.37. The van der Waals surface area contributed by atoms with Gasteiger partial charge in [0.15, 0.2) is 0 Å². The van der Waals surface area contributed by atoms with E-state index < -0.39 is 0 Å². The van der Waals surface area contributed by atoms with Gasteiger partial charge in [-0.25, -0.2) is 0 Å². The van der Waals surface area contributed by atoms with Gasteiger partial charge in [-0.1, -0.05) is 22.0 Å². The summed E-state index contributed by atoms with van der Waals surface area (Å²) in [6.07, 6.45) is 0. The molecule has 0 aliphatic heterocycles. The molecule has 0 spiro atoms. The molecule has 11 heavy (non-hydrogen) atoms. The predicted molar refractivity (Wildman–Crippen MR) is 48.3 cm³/mol. The second-order valence-corrected chi connectivity index (χ2v) is 3.38. The standard InChI is InChI=1S/C9H8BrN/c1-6-3-7(2)9(10)4-8(6)5-11/h3-4H,1-2H3. The van der Waals surface area contributed by atoms with Gasteiger partial charge in [-0.05, 0) is 31.0 Å². The van der Waals surface area contributed by atoms with E-state index in [4.69, 9.17) is 5.26 Å². The lowest BCUT2D eigenvalue weighted by Crippen LogP contribution is -1.84. The lowest BCUT2D eigenvalue weighted by Gasteiger charge is -2.00. The molecule has 0 atom stereocenters. The smallest absolute Gasteiger partial charge is 0.0994 e. The van der Waals surface area contributed by atoms with Crippen LogP contribution in [0.15, 0.2) is 16.6 Å². The predicted octanol–water partition coefficient (Wildman–Crippen LogP) is 2.94. The van der Waals surface area contributed by atoms with E-state index in [-0.39, 0.29) is 0 Å². The van der Waals surface area contributed by atoms with Gasteiger partial charge < -0.3 is 0 Å². The summed E-state index contributed by atoms with van der Waals surface area (Å²) in [6.45, 7) is 3.95. The molecular formula is C9H8BrN. The molecule has 1 aromatic carbocycles. The zero-order valence-corrected chi connectivity index (χ0v) is 8.07. The first kappa shape index (κ1) is 8.29. The number of hydrogen-bond acceptors (Lipinski definition) is 1. The van der Waals surface area contributed by atoms with Crippen LogP contribution in [0.4, 0.5) is 0 Å². The van der Waals surface area contributed by atoms with Gasteiger partial charge in [0.1, 0.15) is 0 Å². The number of benzene rings is 1. The van der Waals surface area contributed by atoms with Crippen LogP contribution >= 0.6 is 15.9 Å². The van der Waals surface area contributed by atoms with E-state index in [1.807, 2.05) is 26.0 Å². The Bertz CT molecular complexity index is 323. The summed E-state index contributed by atoms with van der Waals surface area (Å²) in [5, 5.41) is 8.66. The monoisotopic (exact) mass is 209 g/mol. The molecule has 0 heterocycles. The van der Waals surface area contributed by atoms with Crippen molar-refractivity contribution in [2.75, 3.05) is 0 Å². The molecule has 2 heteroatoms. The van der Waals surface area contributed by atoms with Gasteiger partial charge in [0.25, 0.3) is 0 Å². The van der Waals surface area contributed by atoms with Crippen molar-refractivity contribution < 1.29 is 0 Å². The first-order valence-corrected chi connectivity index (χ1v) is 4.11. The van der Waals surface area contributed by atoms with Crippen molar-refractivity contribution in [2.24, 2.45) is 0 Å². The topological polar surface area (TPSA) is 23.8 Å². The van der Waals surface area contributed by atoms with Crippen LogP contribution in [-0.2, 0) is 0 Å². The summed E-state index contributed by atoms with van der Waals surface area (Å²) < 4.78 is 1.000. The Labute approximate surface area is 74.8 Å². The highest BCUT2D eigenvalue weighted by Crippen LogP contribution is 2.20. The van der Waals surface area contributed by atoms with Crippen LogP contribution in [0.3, 0.4) is 0 Å². The number of aryl methyl sites for hydroxylation is 2. The SMILES string of the molecule is Cc1cc(C)c(C#N)cc1Br. The molecule has 0 bridgehead atoms. The summed E-state index contributed by atoms with van der Waals surface area (Å²) in [4.78, 5) is 0. The number of rotatable bonds is 0. The van der Waals surface area contributed by atoms with Crippen molar-refractivity contribution in [1.82, 2.24) is 0 Å². The van der Waals surface area contributed by atoms with Crippen molar-refractivity contribution >= 4 is 15.9 Å². The van der Waals surface area contributed by atoms with Gasteiger partial charge in [-0.2, -0.15) is 5.26 Å². The first-order chi connectivity index (χ1) is 5.15. The average Bonchev–Trinajstić information content (AvgIpc) is 1.97. The van der Waals surface area contributed by atoms with E-state index in [1.165, 1.54) is 5.56 Å². The summed E-state index contributed by atoms with van der Waals surface area (Å²) in [7, 11) is 0. The second-order valence-electron chi connectivity index (χ2n) is 2.53. The summed E-state index contributed by atoms with van der Waals surface area (Å²) in [6, 6.07) is 5.99. The van der Waals surface area contributed by atoms with Crippen LogP contribution < -0.4 is 0 Å². The maximum atomic E-state index is 8.66. The van der Waals surface area contributed by atoms with Crippen LogP contribution in [-0.4, -0.2) is 0 Å². The van der Waals surface area contributed by atoms with Crippen LogP contribution in [0.25, 0.3) is 0 Å². The Balaban J connectivity index is 3.35. The zero-order chi connectivity index (χ0) is 8.43. The molecule has 0 aromatic heterocycles. The highest BCUT2D eigenvalue weighted by Gasteiger charge is 2.00. The Morgan fingerprint density at radius 3 is 2.45 bits per heavy atom. The third-order valence-corrected chi connectivity index (χ3v) is 2.48. The molecule has 0 saturated heterocycles. The Morgan fingerprint density at radius 2 is 1.91 bits per heavy atom. The fourth-order valence-corrected chi connectivity index (χ4v) is 1.29. The molecule has 0 aliphatic carbocycles. The van der Waals surface area contributed by atoms with Gasteiger partial charge in [0.2, 0.25) is 0 Å². The molecule has 0 aliphatic rings. The van der Waals surface area contributed by atoms with E-state index >= 15 is 0 Å². The minimum atomic E-state index is 0.738. The number of hydrogen-bond donors (Lipinski definition) is 0. The third kappa shape index (κ3) is 1.61. The normalized spacial score (nSPS) is 9.27. The maximum absolute atomic E-state index is 8.66. The molecule has 1 nitrogen and oxygen atoms in total. The minimum Gasteiger partial charge on any atom is -0.192 e. The minimum absolute atomic E-state index is 0.738.